The Kier molecular flexibility index (Phi) is 6.16. The van der Waals surface area contributed by atoms with Crippen LogP contribution in [0.2, 0.25) is 0 Å². The molecule has 0 aliphatic rings. The molecule has 2 N–H and O–H groups in total. The van der Waals surface area contributed by atoms with Crippen molar-refractivity contribution in [2.45, 2.75) is 25.6 Å². The van der Waals surface area contributed by atoms with Gasteiger partial charge in [-0.3, -0.25) is 4.79 Å². The van der Waals surface area contributed by atoms with Gasteiger partial charge in [0.05, 0.1) is 6.42 Å². The molecule has 0 heterocycles. The molecule has 7 heteroatoms. The zero-order valence-corrected chi connectivity index (χ0v) is 14.4. The van der Waals surface area contributed by atoms with E-state index in [0.717, 1.165) is 0 Å². The third kappa shape index (κ3) is 5.21. The van der Waals surface area contributed by atoms with E-state index in [9.17, 15) is 14.3 Å². The lowest BCUT2D eigenvalue weighted by Crippen LogP contribution is -2.30. The van der Waals surface area contributed by atoms with Crippen molar-refractivity contribution in [2.75, 3.05) is 0 Å². The van der Waals surface area contributed by atoms with Gasteiger partial charge in [0, 0.05) is 4.47 Å². The van der Waals surface area contributed by atoms with Gasteiger partial charge in [0.1, 0.15) is 23.7 Å². The summed E-state index contributed by atoms with van der Waals surface area (Å²) in [6.07, 6.45) is -2.20. The van der Waals surface area contributed by atoms with E-state index in [-0.39, 0.29) is 5.75 Å². The maximum Gasteiger partial charge on any atom is 0.306 e. The number of hydrogen-bond donors (Lipinski definition) is 2. The molecule has 0 saturated carbocycles. The summed E-state index contributed by atoms with van der Waals surface area (Å²) < 4.78 is 25.3. The highest BCUT2D eigenvalue weighted by molar-refractivity contribution is 9.10. The minimum absolute atomic E-state index is 0.0946. The fourth-order valence-corrected chi connectivity index (χ4v) is 2.24. The van der Waals surface area contributed by atoms with Crippen LogP contribution in [0, 0.1) is 5.82 Å². The highest BCUT2D eigenvalue weighted by Gasteiger charge is 2.19. The quantitative estimate of drug-likeness (QED) is 0.737. The second kappa shape index (κ2) is 8.12. The lowest BCUT2D eigenvalue weighted by molar-refractivity contribution is -0.140. The Balaban J connectivity index is 1.98. The first-order valence-electron chi connectivity index (χ1n) is 7.14. The molecule has 0 aromatic heterocycles. The molecule has 5 nitrogen and oxygen atoms in total. The van der Waals surface area contributed by atoms with Gasteiger partial charge >= 0.3 is 5.97 Å². The predicted molar refractivity (Wildman–Crippen MR) is 89.0 cm³/mol. The lowest BCUT2D eigenvalue weighted by atomic mass is 10.1. The lowest BCUT2D eigenvalue weighted by Gasteiger charge is -2.19. The Bertz CT molecular complexity index is 705. The maximum absolute atomic E-state index is 13.7. The van der Waals surface area contributed by atoms with Crippen molar-refractivity contribution in [3.63, 3.8) is 0 Å². The molecule has 2 aromatic carbocycles. The minimum Gasteiger partial charge on any atom is -0.488 e. The van der Waals surface area contributed by atoms with E-state index in [2.05, 4.69) is 15.9 Å². The third-order valence-electron chi connectivity index (χ3n) is 3.19. The molecule has 2 atom stereocenters. The molecule has 0 aliphatic carbocycles. The molecule has 2 aromatic rings. The van der Waals surface area contributed by atoms with E-state index in [0.29, 0.717) is 16.0 Å². The summed E-state index contributed by atoms with van der Waals surface area (Å²) in [7, 11) is 0. The van der Waals surface area contributed by atoms with E-state index >= 15 is 0 Å². The van der Waals surface area contributed by atoms with Crippen molar-refractivity contribution < 1.29 is 28.9 Å². The van der Waals surface area contributed by atoms with Crippen LogP contribution in [0.15, 0.2) is 46.9 Å². The third-order valence-corrected chi connectivity index (χ3v) is 3.69. The van der Waals surface area contributed by atoms with Crippen molar-refractivity contribution in [2.24, 2.45) is 0 Å². The molecule has 0 fully saturated rings. The van der Waals surface area contributed by atoms with Crippen LogP contribution in [0.4, 0.5) is 4.39 Å². The molecule has 0 spiro atoms. The fraction of sp³-hybridized carbons (Fsp3) is 0.235. The van der Waals surface area contributed by atoms with Gasteiger partial charge in [-0.1, -0.05) is 15.9 Å². The number of hydrogen-bond acceptors (Lipinski definition) is 4. The first kappa shape index (κ1) is 18.2. The van der Waals surface area contributed by atoms with Crippen LogP contribution in [-0.4, -0.2) is 28.4 Å². The molecule has 128 valence electrons. The highest BCUT2D eigenvalue weighted by Crippen LogP contribution is 2.28. The Hall–Kier alpha value is -2.12. The van der Waals surface area contributed by atoms with Gasteiger partial charge in [0.25, 0.3) is 0 Å². The number of aliphatic carboxylic acids is 1. The number of aliphatic hydroxyl groups is 1. The maximum atomic E-state index is 13.7. The average Bonchev–Trinajstić information content (AvgIpc) is 2.51. The number of carboxylic acid groups (broad SMARTS) is 1. The Morgan fingerprint density at radius 3 is 2.42 bits per heavy atom. The average molecular weight is 399 g/mol. The normalized spacial score (nSPS) is 13.2. The Morgan fingerprint density at radius 2 is 1.83 bits per heavy atom. The summed E-state index contributed by atoms with van der Waals surface area (Å²) in [5.41, 5.74) is 0. The van der Waals surface area contributed by atoms with Crippen LogP contribution < -0.4 is 9.47 Å². The number of ether oxygens (including phenoxy) is 2. The van der Waals surface area contributed by atoms with Crippen LogP contribution in [0.1, 0.15) is 13.3 Å². The van der Waals surface area contributed by atoms with Crippen LogP contribution in [0.5, 0.6) is 17.2 Å². The van der Waals surface area contributed by atoms with Gasteiger partial charge in [-0.25, -0.2) is 4.39 Å². The number of carboxylic acids is 1. The van der Waals surface area contributed by atoms with Gasteiger partial charge in [0.15, 0.2) is 11.6 Å². The molecular weight excluding hydrogens is 383 g/mol. The molecule has 0 saturated heterocycles. The molecule has 0 amide bonds. The summed E-state index contributed by atoms with van der Waals surface area (Å²) in [5.74, 6) is -0.636. The Labute approximate surface area is 146 Å². The van der Waals surface area contributed by atoms with Crippen LogP contribution in [-0.2, 0) is 4.79 Å². The summed E-state index contributed by atoms with van der Waals surface area (Å²) in [6, 6.07) is 10.8. The minimum atomic E-state index is -1.12. The number of halogens is 2. The van der Waals surface area contributed by atoms with Crippen molar-refractivity contribution in [1.82, 2.24) is 0 Å². The standard InChI is InChI=1S/C17H16BrFO5/c1-10(15(20)9-17(21)22)23-12-3-5-13(6-4-12)24-16-7-2-11(18)8-14(16)19/h2-8,10,15,20H,9H2,1H3,(H,21,22). The van der Waals surface area contributed by atoms with Crippen molar-refractivity contribution >= 4 is 21.9 Å². The zero-order valence-electron chi connectivity index (χ0n) is 12.8. The second-order valence-electron chi connectivity index (χ2n) is 5.14. The van der Waals surface area contributed by atoms with E-state index in [1.807, 2.05) is 0 Å². The van der Waals surface area contributed by atoms with Gasteiger partial charge < -0.3 is 19.7 Å². The van der Waals surface area contributed by atoms with E-state index in [4.69, 9.17) is 14.6 Å². The van der Waals surface area contributed by atoms with Gasteiger partial charge in [-0.05, 0) is 49.4 Å². The SMILES string of the molecule is CC(Oc1ccc(Oc2ccc(Br)cc2F)cc1)C(O)CC(=O)O. The smallest absolute Gasteiger partial charge is 0.306 e. The first-order valence-corrected chi connectivity index (χ1v) is 7.94. The van der Waals surface area contributed by atoms with Crippen LogP contribution in [0.25, 0.3) is 0 Å². The van der Waals surface area contributed by atoms with Crippen molar-refractivity contribution in [1.29, 1.82) is 0 Å². The van der Waals surface area contributed by atoms with Crippen molar-refractivity contribution in [3.05, 3.63) is 52.8 Å². The molecular formula is C17H16BrFO5. The summed E-state index contributed by atoms with van der Waals surface area (Å²) in [6.45, 7) is 1.58. The first-order chi connectivity index (χ1) is 11.3. The van der Waals surface area contributed by atoms with Crippen LogP contribution in [0.3, 0.4) is 0 Å². The second-order valence-corrected chi connectivity index (χ2v) is 6.05. The molecule has 0 aliphatic heterocycles. The van der Waals surface area contributed by atoms with Gasteiger partial charge in [0.2, 0.25) is 0 Å². The van der Waals surface area contributed by atoms with E-state index < -0.39 is 30.4 Å². The zero-order chi connectivity index (χ0) is 17.7. The van der Waals surface area contributed by atoms with Crippen molar-refractivity contribution in [3.8, 4) is 17.2 Å². The largest absolute Gasteiger partial charge is 0.488 e. The summed E-state index contributed by atoms with van der Waals surface area (Å²) >= 11 is 3.17. The number of rotatable bonds is 7. The Morgan fingerprint density at radius 1 is 1.21 bits per heavy atom. The molecule has 24 heavy (non-hydrogen) atoms. The predicted octanol–water partition coefficient (Wildman–Crippen LogP) is 3.98. The fourth-order valence-electron chi connectivity index (χ4n) is 1.91. The molecule has 0 bridgehead atoms. The van der Waals surface area contributed by atoms with E-state index in [1.54, 1.807) is 37.3 Å². The number of carbonyl (C=O) groups is 1. The van der Waals surface area contributed by atoms with Crippen LogP contribution >= 0.6 is 15.9 Å². The monoisotopic (exact) mass is 398 g/mol. The molecule has 2 rings (SSSR count). The molecule has 0 radical (unpaired) electrons. The van der Waals surface area contributed by atoms with E-state index in [1.165, 1.54) is 12.1 Å². The molecule has 2 unspecified atom stereocenters. The number of aliphatic hydroxyl groups excluding tert-OH is 1. The summed E-state index contributed by atoms with van der Waals surface area (Å²) in [5, 5.41) is 18.3. The summed E-state index contributed by atoms with van der Waals surface area (Å²) in [4.78, 5) is 10.6. The highest BCUT2D eigenvalue weighted by atomic mass is 79.9. The van der Waals surface area contributed by atoms with Gasteiger partial charge in [-0.15, -0.1) is 0 Å². The topological polar surface area (TPSA) is 76.0 Å². The number of benzene rings is 2. The van der Waals surface area contributed by atoms with Gasteiger partial charge in [-0.2, -0.15) is 0 Å².